The van der Waals surface area contributed by atoms with E-state index in [0.29, 0.717) is 0 Å². The van der Waals surface area contributed by atoms with Gasteiger partial charge in [0.2, 0.25) is 0 Å². The van der Waals surface area contributed by atoms with Gasteiger partial charge in [0.25, 0.3) is 0 Å². The fourth-order valence-electron chi connectivity index (χ4n) is 13.9. The summed E-state index contributed by atoms with van der Waals surface area (Å²) in [5.74, 6) is 0. The van der Waals surface area contributed by atoms with Crippen molar-refractivity contribution in [2.45, 2.75) is 234 Å². The first kappa shape index (κ1) is 74.9. The Morgan fingerprint density at radius 2 is 0.460 bits per heavy atom. The second kappa shape index (κ2) is 38.8. The van der Waals surface area contributed by atoms with E-state index in [0.717, 1.165) is 25.7 Å². The van der Waals surface area contributed by atoms with Gasteiger partial charge in [-0.05, 0) is 228 Å². The highest BCUT2D eigenvalue weighted by atomic mass is 32.1. The standard InChI is InChI=1S/C90H104S10/c1-7-13-19-25-31-65-55-57-91-87(65)77-51-47-73(93-77)75-49-53-79(95-75)89-71(35-29-23-17-11-5)61-83(99-89)81-59-69(33-27-21-15-9-3)85(97-81)67-43-39-63(40-44-67)37-38-64-41-45-68(46-42-64)86-70(34-28-22-16-10-4)60-82(98-86)84-62-72(36-30-24-18-12-6)90(100-84)80-54-50-76(96-80)74-48-52-78(94-74)88-66(56-58-92-88)32-26-20-14-8-2/h37-62H,7-36H2,1-6H3/b38-37+. The van der Waals surface area contributed by atoms with E-state index >= 15 is 0 Å². The fraction of sp³-hybridized carbons (Fsp3) is 0.400. The summed E-state index contributed by atoms with van der Waals surface area (Å²) in [7, 11) is 0. The summed E-state index contributed by atoms with van der Waals surface area (Å²) in [5, 5.41) is 4.60. The first-order valence-corrected chi connectivity index (χ1v) is 46.6. The first-order valence-electron chi connectivity index (χ1n) is 38.3. The van der Waals surface area contributed by atoms with Crippen LogP contribution < -0.4 is 0 Å². The molecule has 10 heteroatoms. The smallest absolute Gasteiger partial charge is 0.0481 e. The molecule has 100 heavy (non-hydrogen) atoms. The zero-order chi connectivity index (χ0) is 68.8. The third kappa shape index (κ3) is 19.8. The molecule has 0 aliphatic carbocycles. The Hall–Kier alpha value is -4.82. The largest absolute Gasteiger partial charge is 0.143 e. The van der Waals surface area contributed by atoms with Gasteiger partial charge < -0.3 is 0 Å². The quantitative estimate of drug-likeness (QED) is 0.0264. The van der Waals surface area contributed by atoms with Crippen molar-refractivity contribution in [1.82, 2.24) is 0 Å². The summed E-state index contributed by atoms with van der Waals surface area (Å²) in [6, 6.07) is 53.2. The topological polar surface area (TPSA) is 0 Å². The number of benzene rings is 2. The lowest BCUT2D eigenvalue weighted by Crippen LogP contribution is -1.87. The van der Waals surface area contributed by atoms with Crippen molar-refractivity contribution in [1.29, 1.82) is 0 Å². The number of unbranched alkanes of at least 4 members (excludes halogenated alkanes) is 18. The summed E-state index contributed by atoms with van der Waals surface area (Å²) in [5.41, 5.74) is 14.3. The highest BCUT2D eigenvalue weighted by Crippen LogP contribution is 2.52. The monoisotopic (exact) mass is 1500 g/mol. The molecule has 2 aromatic carbocycles. The molecule has 0 bridgehead atoms. The second-order valence-corrected chi connectivity index (χ2v) is 37.9. The third-order valence-corrected chi connectivity index (χ3v) is 32.2. The van der Waals surface area contributed by atoms with Gasteiger partial charge in [0.15, 0.2) is 0 Å². The molecule has 524 valence electrons. The maximum atomic E-state index is 2.58. The van der Waals surface area contributed by atoms with Crippen molar-refractivity contribution in [3.05, 3.63) is 189 Å². The van der Waals surface area contributed by atoms with Crippen LogP contribution in [0.4, 0.5) is 0 Å². The van der Waals surface area contributed by atoms with Gasteiger partial charge in [-0.15, -0.1) is 113 Å². The molecule has 10 aromatic heterocycles. The van der Waals surface area contributed by atoms with Gasteiger partial charge in [0.05, 0.1) is 0 Å². The molecule has 10 heterocycles. The average molecular weight is 1510 g/mol. The van der Waals surface area contributed by atoms with Gasteiger partial charge >= 0.3 is 0 Å². The van der Waals surface area contributed by atoms with Crippen molar-refractivity contribution in [2.24, 2.45) is 0 Å². The van der Waals surface area contributed by atoms with Gasteiger partial charge in [-0.25, -0.2) is 0 Å². The molecular formula is C90H104S10. The van der Waals surface area contributed by atoms with E-state index in [2.05, 4.69) is 198 Å². The van der Waals surface area contributed by atoms with Crippen LogP contribution in [0.25, 0.3) is 111 Å². The van der Waals surface area contributed by atoms with E-state index in [-0.39, 0.29) is 0 Å². The predicted molar refractivity (Wildman–Crippen MR) is 462 cm³/mol. The lowest BCUT2D eigenvalue weighted by atomic mass is 10.0. The Labute approximate surface area is 641 Å². The minimum Gasteiger partial charge on any atom is -0.143 e. The molecule has 12 aromatic rings. The Morgan fingerprint density at radius 3 is 0.750 bits per heavy atom. The van der Waals surface area contributed by atoms with Crippen molar-refractivity contribution < 1.29 is 0 Å². The molecule has 0 atom stereocenters. The SMILES string of the molecule is CCCCCCc1cc(-c2cc(CCCCCC)c(-c3ccc(-c4ccc(-c5sccc5CCCCCC)s4)s3)s2)sc1-c1ccc(/C=C/c2ccc(-c3sc(-c4cc(CCCCCC)c(-c5ccc(-c6ccc(-c7sccc7CCCCCC)s6)s5)s4)cc3CCCCCC)cc2)cc1. The lowest BCUT2D eigenvalue weighted by molar-refractivity contribution is 0.668. The maximum Gasteiger partial charge on any atom is 0.0481 e. The molecule has 0 saturated carbocycles. The number of rotatable bonds is 42. The van der Waals surface area contributed by atoms with E-state index in [9.17, 15) is 0 Å². The van der Waals surface area contributed by atoms with Crippen LogP contribution in [-0.4, -0.2) is 0 Å². The van der Waals surface area contributed by atoms with Crippen LogP contribution in [0, 0.1) is 0 Å². The van der Waals surface area contributed by atoms with E-state index < -0.39 is 0 Å². The van der Waals surface area contributed by atoms with Crippen molar-refractivity contribution in [3.8, 4) is 98.9 Å². The minimum atomic E-state index is 1.13. The molecule has 0 amide bonds. The molecule has 0 nitrogen and oxygen atoms in total. The summed E-state index contributed by atoms with van der Waals surface area (Å²) >= 11 is 19.9. The molecule has 0 radical (unpaired) electrons. The molecule has 0 aliphatic heterocycles. The van der Waals surface area contributed by atoms with Crippen LogP contribution in [-0.2, 0) is 38.5 Å². The summed E-state index contributed by atoms with van der Waals surface area (Å²) < 4.78 is 0. The fourth-order valence-corrected chi connectivity index (χ4v) is 25.6. The molecule has 12 rings (SSSR count). The zero-order valence-corrected chi connectivity index (χ0v) is 68.5. The highest BCUT2D eigenvalue weighted by Gasteiger charge is 2.23. The molecule has 0 saturated heterocycles. The summed E-state index contributed by atoms with van der Waals surface area (Å²) in [4.78, 5) is 25.8. The average Bonchev–Trinajstić information content (AvgIpc) is 1.64. The van der Waals surface area contributed by atoms with E-state index in [1.807, 2.05) is 113 Å². The Balaban J connectivity index is 0.758. The molecule has 0 aliphatic rings. The van der Waals surface area contributed by atoms with Crippen LogP contribution in [0.3, 0.4) is 0 Å². The summed E-state index contributed by atoms with van der Waals surface area (Å²) in [6.07, 6.45) is 42.4. The Kier molecular flexibility index (Phi) is 29.1. The Bertz CT molecular complexity index is 4130. The number of hydrogen-bond donors (Lipinski definition) is 0. The zero-order valence-electron chi connectivity index (χ0n) is 60.3. The molecular weight excluding hydrogens is 1400 g/mol. The predicted octanol–water partition coefficient (Wildman–Crippen LogP) is 33.9. The van der Waals surface area contributed by atoms with Crippen molar-refractivity contribution in [3.63, 3.8) is 0 Å². The van der Waals surface area contributed by atoms with Gasteiger partial charge in [-0.1, -0.05) is 218 Å². The minimum absolute atomic E-state index is 1.13. The van der Waals surface area contributed by atoms with Crippen LogP contribution in [0.1, 0.15) is 240 Å². The Morgan fingerprint density at radius 1 is 0.210 bits per heavy atom. The molecule has 0 N–H and O–H groups in total. The van der Waals surface area contributed by atoms with E-state index in [4.69, 9.17) is 0 Å². The molecule has 0 spiro atoms. The normalized spacial score (nSPS) is 11.9. The molecule has 0 unspecified atom stereocenters. The summed E-state index contributed by atoms with van der Waals surface area (Å²) in [6.45, 7) is 13.9. The lowest BCUT2D eigenvalue weighted by Gasteiger charge is -2.06. The van der Waals surface area contributed by atoms with Crippen LogP contribution in [0.2, 0.25) is 0 Å². The van der Waals surface area contributed by atoms with Gasteiger partial charge in [0.1, 0.15) is 0 Å². The first-order chi connectivity index (χ1) is 49.3. The number of aryl methyl sites for hydroxylation is 6. The van der Waals surface area contributed by atoms with Gasteiger partial charge in [-0.3, -0.25) is 0 Å². The maximum absolute atomic E-state index is 2.58. The van der Waals surface area contributed by atoms with Crippen LogP contribution in [0.15, 0.2) is 144 Å². The van der Waals surface area contributed by atoms with E-state index in [1.54, 1.807) is 0 Å². The van der Waals surface area contributed by atoms with Gasteiger partial charge in [0, 0.05) is 87.8 Å². The third-order valence-electron chi connectivity index (χ3n) is 19.6. The van der Waals surface area contributed by atoms with Crippen LogP contribution in [0.5, 0.6) is 0 Å². The van der Waals surface area contributed by atoms with Crippen LogP contribution >= 0.6 is 113 Å². The second-order valence-electron chi connectivity index (χ2n) is 27.5. The molecule has 0 fully saturated rings. The van der Waals surface area contributed by atoms with Gasteiger partial charge in [-0.2, -0.15) is 0 Å². The van der Waals surface area contributed by atoms with E-state index in [1.165, 1.54) is 310 Å². The number of thiophene rings is 10. The number of hydrogen-bond acceptors (Lipinski definition) is 10. The highest BCUT2D eigenvalue weighted by molar-refractivity contribution is 7.31. The van der Waals surface area contributed by atoms with Crippen molar-refractivity contribution in [2.75, 3.05) is 0 Å². The van der Waals surface area contributed by atoms with Crippen molar-refractivity contribution >= 4 is 126 Å².